The van der Waals surface area contributed by atoms with Crippen LogP contribution in [-0.4, -0.2) is 64.6 Å². The van der Waals surface area contributed by atoms with E-state index in [4.69, 9.17) is 4.74 Å². The van der Waals surface area contributed by atoms with Crippen molar-refractivity contribution in [2.75, 3.05) is 26.3 Å². The summed E-state index contributed by atoms with van der Waals surface area (Å²) in [5, 5.41) is 13.7. The summed E-state index contributed by atoms with van der Waals surface area (Å²) in [5.41, 5.74) is 2.07. The first-order valence-corrected chi connectivity index (χ1v) is 8.24. The zero-order valence-corrected chi connectivity index (χ0v) is 13.0. The van der Waals surface area contributed by atoms with Gasteiger partial charge in [0.2, 0.25) is 0 Å². The molecule has 1 aromatic heterocycles. The molecule has 0 radical (unpaired) electrons. The van der Waals surface area contributed by atoms with Crippen LogP contribution in [0.15, 0.2) is 18.2 Å². The first-order chi connectivity index (χ1) is 11.3. The van der Waals surface area contributed by atoms with Gasteiger partial charge in [0, 0.05) is 5.56 Å². The summed E-state index contributed by atoms with van der Waals surface area (Å²) < 4.78 is 5.63. The van der Waals surface area contributed by atoms with Crippen molar-refractivity contribution in [1.82, 2.24) is 25.6 Å². The number of benzene rings is 1. The lowest BCUT2D eigenvalue weighted by molar-refractivity contribution is 0.0900. The molecule has 23 heavy (non-hydrogen) atoms. The molecule has 3 heterocycles. The summed E-state index contributed by atoms with van der Waals surface area (Å²) in [6, 6.07) is 5.69. The number of nitrogens with one attached hydrogen (secondary N) is 2. The zero-order chi connectivity index (χ0) is 15.6. The second-order valence-corrected chi connectivity index (χ2v) is 6.31. The molecule has 2 aromatic rings. The molecule has 2 fully saturated rings. The van der Waals surface area contributed by atoms with Crippen LogP contribution in [0.3, 0.4) is 0 Å². The monoisotopic (exact) mass is 315 g/mol. The number of hydrogen-bond acceptors (Lipinski definition) is 5. The molecule has 0 spiro atoms. The Morgan fingerprint density at radius 3 is 2.87 bits per heavy atom. The van der Waals surface area contributed by atoms with Crippen LogP contribution in [0.2, 0.25) is 0 Å². The highest BCUT2D eigenvalue weighted by Gasteiger charge is 2.34. The molecule has 2 aliphatic heterocycles. The standard InChI is InChI=1S/C16H21N5O2/c22-16(11-4-5-12-13(8-11)19-20-18-12)17-14-9-23-10-15(14)21-6-2-1-3-7-21/h4-5,8,14-15H,1-3,6-7,9-10H2,(H,17,22)(H,18,19,20)/t14-,15-/m0/s1. The maximum atomic E-state index is 12.6. The van der Waals surface area contributed by atoms with Gasteiger partial charge in [-0.05, 0) is 44.1 Å². The number of likely N-dealkylation sites (tertiary alicyclic amines) is 1. The smallest absolute Gasteiger partial charge is 0.251 e. The highest BCUT2D eigenvalue weighted by atomic mass is 16.5. The highest BCUT2D eigenvalue weighted by molar-refractivity contribution is 5.97. The number of aromatic amines is 1. The Kier molecular flexibility index (Phi) is 3.97. The average molecular weight is 315 g/mol. The molecular formula is C16H21N5O2. The van der Waals surface area contributed by atoms with Gasteiger partial charge in [-0.25, -0.2) is 0 Å². The Morgan fingerprint density at radius 1 is 1.17 bits per heavy atom. The fourth-order valence-electron chi connectivity index (χ4n) is 3.52. The first-order valence-electron chi connectivity index (χ1n) is 8.24. The molecule has 1 amide bonds. The fourth-order valence-corrected chi connectivity index (χ4v) is 3.52. The Balaban J connectivity index is 1.46. The minimum Gasteiger partial charge on any atom is -0.378 e. The molecule has 2 aliphatic rings. The molecule has 0 unspecified atom stereocenters. The number of piperidine rings is 1. The third-order valence-electron chi connectivity index (χ3n) is 4.81. The van der Waals surface area contributed by atoms with E-state index in [-0.39, 0.29) is 18.0 Å². The van der Waals surface area contributed by atoms with Crippen molar-refractivity contribution in [3.8, 4) is 0 Å². The Labute approximate surface area is 134 Å². The van der Waals surface area contributed by atoms with Gasteiger partial charge in [-0.1, -0.05) is 6.42 Å². The molecule has 2 atom stereocenters. The number of rotatable bonds is 3. The summed E-state index contributed by atoms with van der Waals surface area (Å²) in [6.45, 7) is 3.49. The lowest BCUT2D eigenvalue weighted by Crippen LogP contribution is -2.52. The van der Waals surface area contributed by atoms with E-state index in [0.717, 1.165) is 18.6 Å². The van der Waals surface area contributed by atoms with E-state index < -0.39 is 0 Å². The van der Waals surface area contributed by atoms with Gasteiger partial charge in [0.05, 0.1) is 25.3 Å². The predicted molar refractivity (Wildman–Crippen MR) is 85.2 cm³/mol. The molecule has 7 heteroatoms. The summed E-state index contributed by atoms with van der Waals surface area (Å²) in [7, 11) is 0. The summed E-state index contributed by atoms with van der Waals surface area (Å²) in [4.78, 5) is 15.0. The molecule has 0 saturated carbocycles. The second-order valence-electron chi connectivity index (χ2n) is 6.31. The quantitative estimate of drug-likeness (QED) is 0.881. The van der Waals surface area contributed by atoms with Gasteiger partial charge in [-0.15, -0.1) is 0 Å². The third-order valence-corrected chi connectivity index (χ3v) is 4.81. The third kappa shape index (κ3) is 2.94. The van der Waals surface area contributed by atoms with Crippen molar-refractivity contribution in [1.29, 1.82) is 0 Å². The van der Waals surface area contributed by atoms with Crippen LogP contribution < -0.4 is 5.32 Å². The van der Waals surface area contributed by atoms with E-state index in [1.54, 1.807) is 18.2 Å². The molecule has 1 aromatic carbocycles. The maximum Gasteiger partial charge on any atom is 0.251 e. The SMILES string of the molecule is O=C(N[C@H]1COC[C@@H]1N1CCCCC1)c1ccc2n[nH]nc2c1. The fraction of sp³-hybridized carbons (Fsp3) is 0.562. The van der Waals surface area contributed by atoms with Crippen molar-refractivity contribution < 1.29 is 9.53 Å². The predicted octanol–water partition coefficient (Wildman–Crippen LogP) is 0.941. The minimum atomic E-state index is -0.0765. The molecular weight excluding hydrogens is 294 g/mol. The van der Waals surface area contributed by atoms with Gasteiger partial charge in [0.15, 0.2) is 0 Å². The number of amides is 1. The van der Waals surface area contributed by atoms with Crippen molar-refractivity contribution in [2.24, 2.45) is 0 Å². The van der Waals surface area contributed by atoms with E-state index in [1.807, 2.05) is 0 Å². The van der Waals surface area contributed by atoms with Crippen molar-refractivity contribution in [3.63, 3.8) is 0 Å². The van der Waals surface area contributed by atoms with E-state index in [2.05, 4.69) is 25.6 Å². The van der Waals surface area contributed by atoms with E-state index >= 15 is 0 Å². The Morgan fingerprint density at radius 2 is 2.00 bits per heavy atom. The number of aromatic nitrogens is 3. The first kappa shape index (κ1) is 14.6. The topological polar surface area (TPSA) is 83.1 Å². The normalized spacial score (nSPS) is 25.7. The Hall–Kier alpha value is -1.99. The molecule has 4 rings (SSSR count). The number of H-pyrrole nitrogens is 1. The average Bonchev–Trinajstić information content (AvgIpc) is 3.23. The lowest BCUT2D eigenvalue weighted by Gasteiger charge is -2.34. The molecule has 122 valence electrons. The van der Waals surface area contributed by atoms with Gasteiger partial charge in [0.25, 0.3) is 5.91 Å². The summed E-state index contributed by atoms with van der Waals surface area (Å²) in [5.74, 6) is -0.0765. The molecule has 2 N–H and O–H groups in total. The number of nitrogens with zero attached hydrogens (tertiary/aromatic N) is 3. The number of fused-ring (bicyclic) bond motifs is 1. The molecule has 0 aliphatic carbocycles. The molecule has 2 saturated heterocycles. The van der Waals surface area contributed by atoms with Gasteiger partial charge in [0.1, 0.15) is 11.0 Å². The molecule has 0 bridgehead atoms. The number of carbonyl (C=O) groups excluding carboxylic acids is 1. The molecule has 7 nitrogen and oxygen atoms in total. The van der Waals surface area contributed by atoms with Crippen LogP contribution in [-0.2, 0) is 4.74 Å². The summed E-state index contributed by atoms with van der Waals surface area (Å²) >= 11 is 0. The van der Waals surface area contributed by atoms with E-state index in [9.17, 15) is 4.79 Å². The van der Waals surface area contributed by atoms with Crippen molar-refractivity contribution >= 4 is 16.9 Å². The largest absolute Gasteiger partial charge is 0.378 e. The van der Waals surface area contributed by atoms with Gasteiger partial charge < -0.3 is 10.1 Å². The van der Waals surface area contributed by atoms with E-state index in [1.165, 1.54) is 19.3 Å². The lowest BCUT2D eigenvalue weighted by atomic mass is 10.0. The Bertz CT molecular complexity index is 695. The van der Waals surface area contributed by atoms with Gasteiger partial charge in [-0.3, -0.25) is 9.69 Å². The number of hydrogen-bond donors (Lipinski definition) is 2. The van der Waals surface area contributed by atoms with Crippen LogP contribution in [0.4, 0.5) is 0 Å². The minimum absolute atomic E-state index is 0.0496. The second kappa shape index (κ2) is 6.25. The van der Waals surface area contributed by atoms with Crippen LogP contribution >= 0.6 is 0 Å². The van der Waals surface area contributed by atoms with Crippen LogP contribution in [0, 0.1) is 0 Å². The zero-order valence-electron chi connectivity index (χ0n) is 13.0. The summed E-state index contributed by atoms with van der Waals surface area (Å²) in [6.07, 6.45) is 3.78. The van der Waals surface area contributed by atoms with E-state index in [0.29, 0.717) is 24.3 Å². The highest BCUT2D eigenvalue weighted by Crippen LogP contribution is 2.19. The van der Waals surface area contributed by atoms with Crippen LogP contribution in [0.5, 0.6) is 0 Å². The van der Waals surface area contributed by atoms with Crippen molar-refractivity contribution in [3.05, 3.63) is 23.8 Å². The number of ether oxygens (including phenoxy) is 1. The van der Waals surface area contributed by atoms with Crippen molar-refractivity contribution in [2.45, 2.75) is 31.3 Å². The van der Waals surface area contributed by atoms with Gasteiger partial charge >= 0.3 is 0 Å². The van der Waals surface area contributed by atoms with Crippen LogP contribution in [0.1, 0.15) is 29.6 Å². The number of carbonyl (C=O) groups is 1. The van der Waals surface area contributed by atoms with Crippen LogP contribution in [0.25, 0.3) is 11.0 Å². The van der Waals surface area contributed by atoms with Gasteiger partial charge in [-0.2, -0.15) is 15.4 Å². The maximum absolute atomic E-state index is 12.6.